The van der Waals surface area contributed by atoms with Crippen LogP contribution in [-0.4, -0.2) is 36.0 Å². The predicted octanol–water partition coefficient (Wildman–Crippen LogP) is 6.55. The van der Waals surface area contributed by atoms with E-state index >= 15 is 0 Å². The average molecular weight is 524 g/mol. The number of benzene rings is 2. The zero-order valence-electron chi connectivity index (χ0n) is 18.4. The van der Waals surface area contributed by atoms with Crippen molar-refractivity contribution in [3.8, 4) is 0 Å². The summed E-state index contributed by atoms with van der Waals surface area (Å²) in [5, 5.41) is 5.18. The summed E-state index contributed by atoms with van der Waals surface area (Å²) in [5.41, 5.74) is 2.62. The molecule has 2 aromatic carbocycles. The fraction of sp³-hybridized carbons (Fsp3) is 0.292. The number of nitrogens with one attached hydrogen (secondary N) is 1. The average Bonchev–Trinajstić information content (AvgIpc) is 2.79. The van der Waals surface area contributed by atoms with E-state index < -0.39 is 0 Å². The van der Waals surface area contributed by atoms with Gasteiger partial charge in [-0.25, -0.2) is 9.97 Å². The van der Waals surface area contributed by atoms with Gasteiger partial charge in [-0.2, -0.15) is 0 Å². The van der Waals surface area contributed by atoms with Crippen LogP contribution in [0.2, 0.25) is 15.2 Å². The van der Waals surface area contributed by atoms with Crippen molar-refractivity contribution in [1.82, 2.24) is 15.3 Å². The molecule has 5 nitrogen and oxygen atoms in total. The third kappa shape index (κ3) is 7.78. The first kappa shape index (κ1) is 25.6. The molecule has 174 valence electrons. The Bertz CT molecular complexity index is 1100. The molecule has 33 heavy (non-hydrogen) atoms. The fourth-order valence-electron chi connectivity index (χ4n) is 3.13. The summed E-state index contributed by atoms with van der Waals surface area (Å²) in [6.45, 7) is 3.50. The van der Waals surface area contributed by atoms with E-state index in [0.29, 0.717) is 44.6 Å². The molecule has 0 aliphatic heterocycles. The van der Waals surface area contributed by atoms with Gasteiger partial charge in [-0.3, -0.25) is 4.79 Å². The molecule has 0 saturated carbocycles. The van der Waals surface area contributed by atoms with Crippen molar-refractivity contribution in [2.45, 2.75) is 30.7 Å². The summed E-state index contributed by atoms with van der Waals surface area (Å²) < 4.78 is 0. The molecule has 0 aliphatic carbocycles. The number of amides is 1. The van der Waals surface area contributed by atoms with E-state index in [0.717, 1.165) is 29.9 Å². The minimum absolute atomic E-state index is 0.124. The lowest BCUT2D eigenvalue weighted by molar-refractivity contribution is 0.0954. The molecule has 0 radical (unpaired) electrons. The molecular formula is C24H25Cl3N4OS. The van der Waals surface area contributed by atoms with Crippen LogP contribution in [0.15, 0.2) is 53.7 Å². The van der Waals surface area contributed by atoms with Crippen molar-refractivity contribution in [3.05, 3.63) is 80.4 Å². The molecule has 9 heteroatoms. The van der Waals surface area contributed by atoms with Gasteiger partial charge in [-0.15, -0.1) is 0 Å². The third-order valence-electron chi connectivity index (χ3n) is 4.89. The maximum Gasteiger partial charge on any atom is 0.251 e. The van der Waals surface area contributed by atoms with Crippen LogP contribution in [0.4, 0.5) is 5.82 Å². The van der Waals surface area contributed by atoms with Crippen LogP contribution in [0.5, 0.6) is 0 Å². The molecule has 1 aromatic heterocycles. The van der Waals surface area contributed by atoms with E-state index in [1.165, 1.54) is 11.8 Å². The smallest absolute Gasteiger partial charge is 0.251 e. The summed E-state index contributed by atoms with van der Waals surface area (Å²) in [6, 6.07) is 14.7. The standard InChI is InChI=1S/C24H25Cl3N4OS/c1-3-12-31(2)22-14-21(27)29-24(30-22)33-15-16-4-6-18(7-5-16)23(32)28-11-10-17-8-9-19(25)13-20(17)26/h4-9,13-14H,3,10-12,15H2,1-2H3,(H,28,32). The normalized spacial score (nSPS) is 10.8. The number of halogens is 3. The van der Waals surface area contributed by atoms with E-state index in [9.17, 15) is 4.79 Å². The largest absolute Gasteiger partial charge is 0.360 e. The molecule has 0 spiro atoms. The molecule has 1 N–H and O–H groups in total. The Labute approximate surface area is 213 Å². The summed E-state index contributed by atoms with van der Waals surface area (Å²) >= 11 is 19.8. The number of aromatic nitrogens is 2. The van der Waals surface area contributed by atoms with Crippen molar-refractivity contribution < 1.29 is 4.79 Å². The highest BCUT2D eigenvalue weighted by molar-refractivity contribution is 7.98. The lowest BCUT2D eigenvalue weighted by Gasteiger charge is -2.17. The van der Waals surface area contributed by atoms with Gasteiger partial charge in [0.1, 0.15) is 11.0 Å². The van der Waals surface area contributed by atoms with Gasteiger partial charge in [-0.1, -0.05) is 71.7 Å². The van der Waals surface area contributed by atoms with Crippen molar-refractivity contribution in [2.75, 3.05) is 25.0 Å². The highest BCUT2D eigenvalue weighted by Crippen LogP contribution is 2.25. The highest BCUT2D eigenvalue weighted by atomic mass is 35.5. The lowest BCUT2D eigenvalue weighted by Crippen LogP contribution is -2.25. The molecule has 0 unspecified atom stereocenters. The number of thioether (sulfide) groups is 1. The van der Waals surface area contributed by atoms with Crippen LogP contribution in [0.25, 0.3) is 0 Å². The summed E-state index contributed by atoms with van der Waals surface area (Å²) in [7, 11) is 1.99. The van der Waals surface area contributed by atoms with E-state index in [1.807, 2.05) is 37.4 Å². The van der Waals surface area contributed by atoms with Crippen LogP contribution in [0.1, 0.15) is 34.8 Å². The fourth-order valence-corrected chi connectivity index (χ4v) is 4.67. The number of anilines is 1. The second kappa shape index (κ2) is 12.5. The number of hydrogen-bond donors (Lipinski definition) is 1. The van der Waals surface area contributed by atoms with Crippen molar-refractivity contribution >= 4 is 58.3 Å². The van der Waals surface area contributed by atoms with Gasteiger partial charge in [0.2, 0.25) is 0 Å². The summed E-state index contributed by atoms with van der Waals surface area (Å²) in [5.74, 6) is 1.36. The Morgan fingerprint density at radius 3 is 2.52 bits per heavy atom. The Balaban J connectivity index is 1.52. The van der Waals surface area contributed by atoms with Gasteiger partial charge >= 0.3 is 0 Å². The van der Waals surface area contributed by atoms with Crippen molar-refractivity contribution in [3.63, 3.8) is 0 Å². The Kier molecular flexibility index (Phi) is 9.68. The molecule has 0 bridgehead atoms. The molecule has 0 atom stereocenters. The second-order valence-corrected chi connectivity index (χ2v) is 9.65. The monoisotopic (exact) mass is 522 g/mol. The maximum absolute atomic E-state index is 12.4. The Morgan fingerprint density at radius 1 is 1.06 bits per heavy atom. The van der Waals surface area contributed by atoms with Crippen LogP contribution in [0.3, 0.4) is 0 Å². The molecule has 1 heterocycles. The number of nitrogens with zero attached hydrogens (tertiary/aromatic N) is 3. The van der Waals surface area contributed by atoms with Gasteiger partial charge < -0.3 is 10.2 Å². The van der Waals surface area contributed by atoms with Gasteiger partial charge in [-0.05, 0) is 48.2 Å². The third-order valence-corrected chi connectivity index (χ3v) is 6.59. The zero-order valence-corrected chi connectivity index (χ0v) is 21.5. The molecule has 0 saturated heterocycles. The SMILES string of the molecule is CCCN(C)c1cc(Cl)nc(SCc2ccc(C(=O)NCCc3ccc(Cl)cc3Cl)cc2)n1. The number of carbonyl (C=O) groups excluding carboxylic acids is 1. The Morgan fingerprint density at radius 2 is 1.82 bits per heavy atom. The lowest BCUT2D eigenvalue weighted by atomic mass is 10.1. The number of hydrogen-bond acceptors (Lipinski definition) is 5. The van der Waals surface area contributed by atoms with Gasteiger partial charge in [0, 0.05) is 47.6 Å². The summed E-state index contributed by atoms with van der Waals surface area (Å²) in [4.78, 5) is 23.4. The van der Waals surface area contributed by atoms with Gasteiger partial charge in [0.25, 0.3) is 5.91 Å². The molecule has 3 rings (SSSR count). The zero-order chi connectivity index (χ0) is 23.8. The number of carbonyl (C=O) groups is 1. The van der Waals surface area contributed by atoms with Crippen LogP contribution >= 0.6 is 46.6 Å². The first-order valence-electron chi connectivity index (χ1n) is 10.5. The van der Waals surface area contributed by atoms with Gasteiger partial charge in [0.05, 0.1) is 0 Å². The van der Waals surface area contributed by atoms with Crippen LogP contribution in [0, 0.1) is 0 Å². The molecular weight excluding hydrogens is 499 g/mol. The van der Waals surface area contributed by atoms with E-state index in [1.54, 1.807) is 18.2 Å². The highest BCUT2D eigenvalue weighted by Gasteiger charge is 2.10. The maximum atomic E-state index is 12.4. The first-order valence-corrected chi connectivity index (χ1v) is 12.7. The molecule has 0 aliphatic rings. The van der Waals surface area contributed by atoms with E-state index in [-0.39, 0.29) is 5.91 Å². The molecule has 1 amide bonds. The minimum Gasteiger partial charge on any atom is -0.360 e. The molecule has 3 aromatic rings. The molecule has 0 fully saturated rings. The van der Waals surface area contributed by atoms with Crippen LogP contribution < -0.4 is 10.2 Å². The Hall–Kier alpha value is -1.99. The second-order valence-electron chi connectivity index (χ2n) is 7.48. The quantitative estimate of drug-likeness (QED) is 0.185. The van der Waals surface area contributed by atoms with E-state index in [2.05, 4.69) is 27.1 Å². The van der Waals surface area contributed by atoms with Gasteiger partial charge in [0.15, 0.2) is 5.16 Å². The predicted molar refractivity (Wildman–Crippen MR) is 139 cm³/mol. The minimum atomic E-state index is -0.124. The number of rotatable bonds is 10. The van der Waals surface area contributed by atoms with Crippen molar-refractivity contribution in [2.24, 2.45) is 0 Å². The van der Waals surface area contributed by atoms with Crippen molar-refractivity contribution in [1.29, 1.82) is 0 Å². The summed E-state index contributed by atoms with van der Waals surface area (Å²) in [6.07, 6.45) is 1.65. The topological polar surface area (TPSA) is 58.1 Å². The van der Waals surface area contributed by atoms with Crippen LogP contribution in [-0.2, 0) is 12.2 Å². The first-order chi connectivity index (χ1) is 15.9. The van der Waals surface area contributed by atoms with E-state index in [4.69, 9.17) is 34.8 Å².